The van der Waals surface area contributed by atoms with Crippen LogP contribution in [0.3, 0.4) is 0 Å². The van der Waals surface area contributed by atoms with Crippen molar-refractivity contribution in [1.29, 1.82) is 0 Å². The van der Waals surface area contributed by atoms with Crippen LogP contribution in [0.5, 0.6) is 0 Å². The average Bonchev–Trinajstić information content (AvgIpc) is 2.50. The monoisotopic (exact) mass is 274 g/mol. The number of hydrogen-bond donors (Lipinski definition) is 2. The molecular weight excluding hydrogens is 252 g/mol. The number of ether oxygens (including phenoxy) is 1. The fourth-order valence-electron chi connectivity index (χ4n) is 2.28. The molecule has 4 heteroatoms. The van der Waals surface area contributed by atoms with Gasteiger partial charge in [0.25, 0.3) is 0 Å². The predicted molar refractivity (Wildman–Crippen MR) is 79.4 cm³/mol. The van der Waals surface area contributed by atoms with E-state index >= 15 is 0 Å². The molecule has 1 aliphatic heterocycles. The Bertz CT molecular complexity index is 460. The number of carbonyl (C=O) groups is 1. The zero-order chi connectivity index (χ0) is 14.2. The summed E-state index contributed by atoms with van der Waals surface area (Å²) in [6.45, 7) is 6.14. The molecule has 108 valence electrons. The van der Waals surface area contributed by atoms with Crippen LogP contribution in [0.2, 0.25) is 0 Å². The van der Waals surface area contributed by atoms with Gasteiger partial charge in [0.2, 0.25) is 5.91 Å². The summed E-state index contributed by atoms with van der Waals surface area (Å²) in [6.07, 6.45) is 3.41. The molecule has 0 aromatic heterocycles. The fraction of sp³-hybridized carbons (Fsp3) is 0.438. The van der Waals surface area contributed by atoms with Gasteiger partial charge < -0.3 is 15.4 Å². The summed E-state index contributed by atoms with van der Waals surface area (Å²) in [7, 11) is 0. The zero-order valence-electron chi connectivity index (χ0n) is 11.7. The maximum atomic E-state index is 12.1. The maximum Gasteiger partial charge on any atom is 0.237 e. The van der Waals surface area contributed by atoms with Crippen molar-refractivity contribution >= 4 is 5.91 Å². The number of amides is 1. The predicted octanol–water partition coefficient (Wildman–Crippen LogP) is 1.41. The quantitative estimate of drug-likeness (QED) is 0.584. The van der Waals surface area contributed by atoms with E-state index in [0.29, 0.717) is 19.8 Å². The van der Waals surface area contributed by atoms with Crippen molar-refractivity contribution in [3.63, 3.8) is 0 Å². The molecule has 1 amide bonds. The van der Waals surface area contributed by atoms with Gasteiger partial charge in [-0.3, -0.25) is 4.79 Å². The molecule has 1 aromatic carbocycles. The first-order valence-corrected chi connectivity index (χ1v) is 7.08. The standard InChI is InChI=1S/C16H22N2O2/c1-2-3-9-20-10-8-17-16(19)15-11-13-6-4-5-7-14(13)12-18-15/h2,4-7,15,18H,1,3,8-12H2,(H,17,19)/t15-/m1/s1. The Morgan fingerprint density at radius 1 is 1.40 bits per heavy atom. The maximum absolute atomic E-state index is 12.1. The normalized spacial score (nSPS) is 17.3. The highest BCUT2D eigenvalue weighted by molar-refractivity contribution is 5.82. The lowest BCUT2D eigenvalue weighted by Crippen LogP contribution is -2.48. The molecule has 1 heterocycles. The second-order valence-corrected chi connectivity index (χ2v) is 4.89. The minimum atomic E-state index is -0.141. The van der Waals surface area contributed by atoms with E-state index in [1.807, 2.05) is 18.2 Å². The van der Waals surface area contributed by atoms with Crippen molar-refractivity contribution in [1.82, 2.24) is 10.6 Å². The summed E-state index contributed by atoms with van der Waals surface area (Å²) in [6, 6.07) is 8.10. The van der Waals surface area contributed by atoms with Crippen molar-refractivity contribution in [2.24, 2.45) is 0 Å². The van der Waals surface area contributed by atoms with E-state index in [4.69, 9.17) is 4.74 Å². The molecule has 2 rings (SSSR count). The van der Waals surface area contributed by atoms with Gasteiger partial charge in [0.15, 0.2) is 0 Å². The lowest BCUT2D eigenvalue weighted by molar-refractivity contribution is -0.123. The van der Waals surface area contributed by atoms with E-state index in [-0.39, 0.29) is 11.9 Å². The largest absolute Gasteiger partial charge is 0.379 e. The highest BCUT2D eigenvalue weighted by atomic mass is 16.5. The van der Waals surface area contributed by atoms with Gasteiger partial charge in [-0.2, -0.15) is 0 Å². The third-order valence-electron chi connectivity index (χ3n) is 3.41. The molecule has 1 aliphatic rings. The molecule has 0 radical (unpaired) electrons. The number of fused-ring (bicyclic) bond motifs is 1. The van der Waals surface area contributed by atoms with Crippen molar-refractivity contribution in [3.8, 4) is 0 Å². The Kier molecular flexibility index (Phi) is 5.77. The summed E-state index contributed by atoms with van der Waals surface area (Å²) in [4.78, 5) is 12.1. The van der Waals surface area contributed by atoms with Crippen molar-refractivity contribution in [3.05, 3.63) is 48.0 Å². The Hall–Kier alpha value is -1.65. The molecule has 1 atom stereocenters. The summed E-state index contributed by atoms with van der Waals surface area (Å²) >= 11 is 0. The van der Waals surface area contributed by atoms with Crippen molar-refractivity contribution < 1.29 is 9.53 Å². The number of hydrogen-bond acceptors (Lipinski definition) is 3. The van der Waals surface area contributed by atoms with Gasteiger partial charge in [-0.15, -0.1) is 6.58 Å². The zero-order valence-corrected chi connectivity index (χ0v) is 11.7. The van der Waals surface area contributed by atoms with E-state index < -0.39 is 0 Å². The molecule has 2 N–H and O–H groups in total. The number of nitrogens with one attached hydrogen (secondary N) is 2. The van der Waals surface area contributed by atoms with Gasteiger partial charge in [-0.25, -0.2) is 0 Å². The van der Waals surface area contributed by atoms with Gasteiger partial charge in [0, 0.05) is 13.1 Å². The summed E-state index contributed by atoms with van der Waals surface area (Å²) in [5.41, 5.74) is 2.54. The van der Waals surface area contributed by atoms with Crippen LogP contribution in [-0.2, 0) is 22.5 Å². The van der Waals surface area contributed by atoms with Crippen LogP contribution in [0.15, 0.2) is 36.9 Å². The Labute approximate surface area is 120 Å². The molecule has 0 saturated heterocycles. The lowest BCUT2D eigenvalue weighted by atomic mass is 9.95. The van der Waals surface area contributed by atoms with Crippen LogP contribution >= 0.6 is 0 Å². The topological polar surface area (TPSA) is 50.4 Å². The van der Waals surface area contributed by atoms with Crippen LogP contribution in [0, 0.1) is 0 Å². The molecule has 0 saturated carbocycles. The molecule has 0 fully saturated rings. The van der Waals surface area contributed by atoms with Crippen molar-refractivity contribution in [2.75, 3.05) is 19.8 Å². The minimum Gasteiger partial charge on any atom is -0.379 e. The van der Waals surface area contributed by atoms with E-state index in [0.717, 1.165) is 19.4 Å². The van der Waals surface area contributed by atoms with E-state index in [1.54, 1.807) is 0 Å². The molecule has 0 spiro atoms. The van der Waals surface area contributed by atoms with Gasteiger partial charge in [-0.1, -0.05) is 30.3 Å². The second-order valence-electron chi connectivity index (χ2n) is 4.89. The number of benzene rings is 1. The van der Waals surface area contributed by atoms with Gasteiger partial charge in [-0.05, 0) is 24.0 Å². The smallest absolute Gasteiger partial charge is 0.237 e. The molecule has 0 aliphatic carbocycles. The summed E-state index contributed by atoms with van der Waals surface area (Å²) in [5.74, 6) is 0.0480. The summed E-state index contributed by atoms with van der Waals surface area (Å²) in [5, 5.41) is 6.18. The highest BCUT2D eigenvalue weighted by Gasteiger charge is 2.23. The van der Waals surface area contributed by atoms with Crippen LogP contribution in [0.25, 0.3) is 0 Å². The van der Waals surface area contributed by atoms with Crippen molar-refractivity contribution in [2.45, 2.75) is 25.4 Å². The van der Waals surface area contributed by atoms with Gasteiger partial charge >= 0.3 is 0 Å². The third kappa shape index (κ3) is 4.18. The van der Waals surface area contributed by atoms with Crippen LogP contribution in [0.4, 0.5) is 0 Å². The molecule has 20 heavy (non-hydrogen) atoms. The van der Waals surface area contributed by atoms with Gasteiger partial charge in [0.1, 0.15) is 0 Å². The first-order chi connectivity index (χ1) is 9.81. The van der Waals surface area contributed by atoms with Crippen LogP contribution in [0.1, 0.15) is 17.5 Å². The van der Waals surface area contributed by atoms with E-state index in [9.17, 15) is 4.79 Å². The number of rotatable bonds is 7. The number of carbonyl (C=O) groups excluding carboxylic acids is 1. The lowest BCUT2D eigenvalue weighted by Gasteiger charge is -2.25. The SMILES string of the molecule is C=CCCOCCNC(=O)[C@H]1Cc2ccccc2CN1. The Morgan fingerprint density at radius 2 is 2.20 bits per heavy atom. The molecule has 1 aromatic rings. The first kappa shape index (κ1) is 14.8. The molecular formula is C16H22N2O2. The molecule has 0 unspecified atom stereocenters. The first-order valence-electron chi connectivity index (χ1n) is 7.08. The van der Waals surface area contributed by atoms with Crippen LogP contribution < -0.4 is 10.6 Å². The highest BCUT2D eigenvalue weighted by Crippen LogP contribution is 2.16. The Morgan fingerprint density at radius 3 is 3.00 bits per heavy atom. The van der Waals surface area contributed by atoms with Gasteiger partial charge in [0.05, 0.1) is 19.3 Å². The minimum absolute atomic E-state index is 0.0480. The van der Waals surface area contributed by atoms with Crippen LogP contribution in [-0.4, -0.2) is 31.7 Å². The average molecular weight is 274 g/mol. The van der Waals surface area contributed by atoms with E-state index in [1.165, 1.54) is 11.1 Å². The summed E-state index contributed by atoms with van der Waals surface area (Å²) < 4.78 is 5.36. The molecule has 0 bridgehead atoms. The second kappa shape index (κ2) is 7.82. The third-order valence-corrected chi connectivity index (χ3v) is 3.41. The fourth-order valence-corrected chi connectivity index (χ4v) is 2.28. The molecule has 4 nitrogen and oxygen atoms in total. The Balaban J connectivity index is 1.70. The van der Waals surface area contributed by atoms with E-state index in [2.05, 4.69) is 29.3 Å².